The minimum atomic E-state index is -4.48. The van der Waals surface area contributed by atoms with Gasteiger partial charge in [-0.3, -0.25) is 0 Å². The van der Waals surface area contributed by atoms with Crippen LogP contribution in [-0.2, 0) is 12.7 Å². The number of alkyl halides is 3. The van der Waals surface area contributed by atoms with E-state index in [-0.39, 0.29) is 6.54 Å². The Bertz CT molecular complexity index is 745. The number of nitrogens with two attached hydrogens (primary N) is 1. The highest BCUT2D eigenvalue weighted by molar-refractivity contribution is 6.32. The minimum absolute atomic E-state index is 0.132. The zero-order chi connectivity index (χ0) is 18.0. The van der Waals surface area contributed by atoms with E-state index in [0.717, 1.165) is 6.07 Å². The number of rotatable bonds is 3. The molecule has 2 N–H and O–H groups in total. The van der Waals surface area contributed by atoms with E-state index in [0.29, 0.717) is 48.4 Å². The highest BCUT2D eigenvalue weighted by Gasteiger charge is 2.34. The Hall–Kier alpha value is -2.06. The van der Waals surface area contributed by atoms with E-state index in [9.17, 15) is 13.2 Å². The normalized spacial score (nSPS) is 15.6. The fraction of sp³-hybridized carbons (Fsp3) is 0.375. The summed E-state index contributed by atoms with van der Waals surface area (Å²) in [6.45, 7) is 2.31. The van der Waals surface area contributed by atoms with Crippen LogP contribution in [0.2, 0.25) is 5.02 Å². The van der Waals surface area contributed by atoms with E-state index in [2.05, 4.69) is 9.97 Å². The van der Waals surface area contributed by atoms with Gasteiger partial charge in [-0.15, -0.1) is 0 Å². The zero-order valence-corrected chi connectivity index (χ0v) is 14.1. The molecule has 0 atom stereocenters. The first-order valence-corrected chi connectivity index (χ1v) is 8.15. The van der Waals surface area contributed by atoms with Gasteiger partial charge in [-0.1, -0.05) is 17.7 Å². The molecule has 0 radical (unpaired) electrons. The molecule has 0 spiro atoms. The zero-order valence-electron chi connectivity index (χ0n) is 13.3. The largest absolute Gasteiger partial charge is 0.433 e. The van der Waals surface area contributed by atoms with Crippen molar-refractivity contribution in [3.05, 3.63) is 46.7 Å². The third-order valence-electron chi connectivity index (χ3n) is 4.08. The average molecular weight is 372 g/mol. The predicted octanol–water partition coefficient (Wildman–Crippen LogP) is 2.93. The number of hydrogen-bond donors (Lipinski definition) is 1. The molecule has 134 valence electrons. The summed E-state index contributed by atoms with van der Waals surface area (Å²) in [6.07, 6.45) is -2.82. The molecule has 0 unspecified atom stereocenters. The predicted molar refractivity (Wildman–Crippen MR) is 90.8 cm³/mol. The van der Waals surface area contributed by atoms with E-state index in [1.54, 1.807) is 18.3 Å². The Morgan fingerprint density at radius 2 is 1.68 bits per heavy atom. The van der Waals surface area contributed by atoms with E-state index in [1.807, 2.05) is 9.80 Å². The van der Waals surface area contributed by atoms with Crippen LogP contribution in [0.5, 0.6) is 0 Å². The summed E-state index contributed by atoms with van der Waals surface area (Å²) in [4.78, 5) is 11.9. The van der Waals surface area contributed by atoms with Crippen LogP contribution in [0.4, 0.5) is 24.8 Å². The summed E-state index contributed by atoms with van der Waals surface area (Å²) < 4.78 is 38.9. The summed E-state index contributed by atoms with van der Waals surface area (Å²) in [7, 11) is 0. The number of anilines is 2. The Morgan fingerprint density at radius 1 is 1.04 bits per heavy atom. The van der Waals surface area contributed by atoms with Crippen molar-refractivity contribution in [2.45, 2.75) is 12.7 Å². The fourth-order valence-corrected chi connectivity index (χ4v) is 3.05. The molecular weight excluding hydrogens is 355 g/mol. The van der Waals surface area contributed by atoms with Crippen LogP contribution in [0, 0.1) is 0 Å². The highest BCUT2D eigenvalue weighted by atomic mass is 35.5. The molecule has 3 rings (SSSR count). The van der Waals surface area contributed by atoms with Gasteiger partial charge in [0.05, 0.1) is 5.02 Å². The van der Waals surface area contributed by atoms with Crippen LogP contribution in [-0.4, -0.2) is 36.1 Å². The number of nitrogens with zero attached hydrogens (tertiary/aromatic N) is 4. The SMILES string of the molecule is NCc1ccc(C(F)(F)F)nc1N1CCN(c2ncccc2Cl)CC1. The molecule has 1 saturated heterocycles. The Labute approximate surface area is 148 Å². The summed E-state index contributed by atoms with van der Waals surface area (Å²) >= 11 is 6.16. The number of aromatic nitrogens is 2. The first kappa shape index (κ1) is 17.8. The van der Waals surface area contributed by atoms with Gasteiger partial charge in [0, 0.05) is 44.5 Å². The molecular formula is C16H17ClF3N5. The molecule has 0 aromatic carbocycles. The lowest BCUT2D eigenvalue weighted by molar-refractivity contribution is -0.141. The first-order valence-electron chi connectivity index (χ1n) is 7.77. The van der Waals surface area contributed by atoms with Crippen LogP contribution in [0.1, 0.15) is 11.3 Å². The number of hydrogen-bond acceptors (Lipinski definition) is 5. The Kier molecular flexibility index (Phi) is 5.01. The van der Waals surface area contributed by atoms with E-state index < -0.39 is 11.9 Å². The molecule has 2 aromatic rings. The third kappa shape index (κ3) is 3.80. The van der Waals surface area contributed by atoms with Gasteiger partial charge in [-0.05, 0) is 18.2 Å². The lowest BCUT2D eigenvalue weighted by Crippen LogP contribution is -2.47. The second-order valence-electron chi connectivity index (χ2n) is 5.66. The molecule has 0 bridgehead atoms. The average Bonchev–Trinajstić information content (AvgIpc) is 2.61. The number of pyridine rings is 2. The molecule has 3 heterocycles. The summed E-state index contributed by atoms with van der Waals surface area (Å²) in [5.74, 6) is 0.976. The smallest absolute Gasteiger partial charge is 0.353 e. The van der Waals surface area contributed by atoms with Crippen molar-refractivity contribution in [1.29, 1.82) is 0 Å². The highest BCUT2D eigenvalue weighted by Crippen LogP contribution is 2.31. The quantitative estimate of drug-likeness (QED) is 0.899. The van der Waals surface area contributed by atoms with Crippen LogP contribution in [0.15, 0.2) is 30.5 Å². The molecule has 1 fully saturated rings. The van der Waals surface area contributed by atoms with Crippen molar-refractivity contribution < 1.29 is 13.2 Å². The maximum Gasteiger partial charge on any atom is 0.433 e. The van der Waals surface area contributed by atoms with Crippen LogP contribution < -0.4 is 15.5 Å². The summed E-state index contributed by atoms with van der Waals surface area (Å²) in [5, 5.41) is 0.552. The topological polar surface area (TPSA) is 58.3 Å². The minimum Gasteiger partial charge on any atom is -0.353 e. The van der Waals surface area contributed by atoms with Crippen molar-refractivity contribution in [2.75, 3.05) is 36.0 Å². The molecule has 5 nitrogen and oxygen atoms in total. The van der Waals surface area contributed by atoms with Gasteiger partial charge in [-0.25, -0.2) is 9.97 Å². The lowest BCUT2D eigenvalue weighted by Gasteiger charge is -2.37. The molecule has 1 aliphatic rings. The van der Waals surface area contributed by atoms with E-state index >= 15 is 0 Å². The van der Waals surface area contributed by atoms with Crippen molar-refractivity contribution in [2.24, 2.45) is 5.73 Å². The molecule has 9 heteroatoms. The molecule has 1 aliphatic heterocycles. The molecule has 0 amide bonds. The van der Waals surface area contributed by atoms with Gasteiger partial charge >= 0.3 is 6.18 Å². The van der Waals surface area contributed by atoms with E-state index in [1.165, 1.54) is 6.07 Å². The molecule has 0 aliphatic carbocycles. The summed E-state index contributed by atoms with van der Waals surface area (Å²) in [6, 6.07) is 5.88. The van der Waals surface area contributed by atoms with Gasteiger partial charge in [0.1, 0.15) is 17.3 Å². The van der Waals surface area contributed by atoms with E-state index in [4.69, 9.17) is 17.3 Å². The van der Waals surface area contributed by atoms with Crippen molar-refractivity contribution >= 4 is 23.2 Å². The van der Waals surface area contributed by atoms with Gasteiger partial charge < -0.3 is 15.5 Å². The monoisotopic (exact) mass is 371 g/mol. The fourth-order valence-electron chi connectivity index (χ4n) is 2.81. The second-order valence-corrected chi connectivity index (χ2v) is 6.07. The lowest BCUT2D eigenvalue weighted by atomic mass is 10.2. The van der Waals surface area contributed by atoms with Crippen LogP contribution >= 0.6 is 11.6 Å². The maximum absolute atomic E-state index is 13.0. The summed E-state index contributed by atoms with van der Waals surface area (Å²) in [5.41, 5.74) is 5.36. The van der Waals surface area contributed by atoms with Crippen LogP contribution in [0.3, 0.4) is 0 Å². The van der Waals surface area contributed by atoms with Gasteiger partial charge in [0.2, 0.25) is 0 Å². The maximum atomic E-state index is 13.0. The van der Waals surface area contributed by atoms with Crippen molar-refractivity contribution in [3.8, 4) is 0 Å². The van der Waals surface area contributed by atoms with Crippen LogP contribution in [0.25, 0.3) is 0 Å². The second kappa shape index (κ2) is 7.05. The third-order valence-corrected chi connectivity index (χ3v) is 4.38. The Balaban J connectivity index is 1.80. The molecule has 25 heavy (non-hydrogen) atoms. The van der Waals surface area contributed by atoms with Gasteiger partial charge in [-0.2, -0.15) is 13.2 Å². The number of piperazine rings is 1. The molecule has 2 aromatic heterocycles. The Morgan fingerprint density at radius 3 is 2.24 bits per heavy atom. The van der Waals surface area contributed by atoms with Gasteiger partial charge in [0.15, 0.2) is 0 Å². The van der Waals surface area contributed by atoms with Crippen molar-refractivity contribution in [3.63, 3.8) is 0 Å². The standard InChI is InChI=1S/C16H17ClF3N5/c17-12-2-1-5-22-15(12)25-8-6-24(7-9-25)14-11(10-21)3-4-13(23-14)16(18,19)20/h1-5H,6-10,21H2. The first-order chi connectivity index (χ1) is 11.9. The number of halogens is 4. The molecule has 0 saturated carbocycles. The van der Waals surface area contributed by atoms with Gasteiger partial charge in [0.25, 0.3) is 0 Å². The van der Waals surface area contributed by atoms with Crippen molar-refractivity contribution in [1.82, 2.24) is 9.97 Å².